The smallest absolute Gasteiger partial charge is 0.0174 e. The van der Waals surface area contributed by atoms with Gasteiger partial charge >= 0.3 is 0 Å². The summed E-state index contributed by atoms with van der Waals surface area (Å²) in [5.41, 5.74) is 10.7. The Morgan fingerprint density at radius 1 is 0.947 bits per heavy atom. The topological polar surface area (TPSA) is 0 Å². The summed E-state index contributed by atoms with van der Waals surface area (Å²) >= 11 is 0. The van der Waals surface area contributed by atoms with Crippen molar-refractivity contribution < 1.29 is 0 Å². The van der Waals surface area contributed by atoms with Crippen LogP contribution in [-0.2, 0) is 0 Å². The van der Waals surface area contributed by atoms with E-state index in [0.717, 1.165) is 0 Å². The Kier molecular flexibility index (Phi) is 2.94. The van der Waals surface area contributed by atoms with Gasteiger partial charge < -0.3 is 0 Å². The average molecular weight is 264 g/mol. The molecule has 0 bridgehead atoms. The van der Waals surface area contributed by atoms with E-state index in [2.05, 4.69) is 63.2 Å². The zero-order valence-corrected chi connectivity index (χ0v) is 14.1. The number of fused-ring (bicyclic) bond motifs is 1. The van der Waals surface area contributed by atoms with Gasteiger partial charge in [-0.05, 0) is 54.1 Å². The summed E-state index contributed by atoms with van der Waals surface area (Å²) in [5.74, 6) is 0. The molecule has 0 saturated carbocycles. The molecule has 1 aliphatic carbocycles. The van der Waals surface area contributed by atoms with Gasteiger partial charge in [0.2, 0.25) is 0 Å². The van der Waals surface area contributed by atoms with E-state index in [-0.39, 0.29) is 0 Å². The van der Waals surface area contributed by atoms with Crippen molar-refractivity contribution in [3.8, 4) is 11.1 Å². The molecule has 0 saturated heterocycles. The van der Waals surface area contributed by atoms with Crippen molar-refractivity contribution in [1.29, 1.82) is 0 Å². The van der Waals surface area contributed by atoms with Crippen LogP contribution in [0.3, 0.4) is 0 Å². The molecule has 96 valence electrons. The predicted molar refractivity (Wildman–Crippen MR) is 87.7 cm³/mol. The number of rotatable bonds is 1. The van der Waals surface area contributed by atoms with Gasteiger partial charge in [0.15, 0.2) is 0 Å². The van der Waals surface area contributed by atoms with Gasteiger partial charge in [0.25, 0.3) is 0 Å². The molecule has 1 atom stereocenters. The van der Waals surface area contributed by atoms with Crippen LogP contribution in [0.15, 0.2) is 42.0 Å². The summed E-state index contributed by atoms with van der Waals surface area (Å²) in [6, 6.07) is 13.5. The van der Waals surface area contributed by atoms with Gasteiger partial charge in [-0.3, -0.25) is 0 Å². The van der Waals surface area contributed by atoms with E-state index >= 15 is 0 Å². The quantitative estimate of drug-likeness (QED) is 0.687. The standard InChI is InChI=1S/C18H20Si/c1-11-7-8-12(2)16(9-11)14-5-4-6-15-17(14)10-13(3)18(15)19/h4-10,18H,1-3,19H3. The molecule has 0 N–H and O–H groups in total. The first kappa shape index (κ1) is 12.4. The minimum Gasteiger partial charge on any atom is -0.0689 e. The molecule has 19 heavy (non-hydrogen) atoms. The fraction of sp³-hybridized carbons (Fsp3) is 0.222. The Labute approximate surface area is 118 Å². The van der Waals surface area contributed by atoms with Crippen LogP contribution in [0.25, 0.3) is 17.2 Å². The van der Waals surface area contributed by atoms with E-state index < -0.39 is 0 Å². The second-order valence-electron chi connectivity index (χ2n) is 5.74. The number of benzene rings is 2. The summed E-state index contributed by atoms with van der Waals surface area (Å²) < 4.78 is 0. The third-order valence-electron chi connectivity index (χ3n) is 4.34. The molecule has 0 heterocycles. The molecule has 0 radical (unpaired) electrons. The monoisotopic (exact) mass is 264 g/mol. The van der Waals surface area contributed by atoms with Crippen LogP contribution in [-0.4, -0.2) is 10.2 Å². The SMILES string of the molecule is CC1=Cc2c(-c3cc(C)ccc3C)cccc2C1[SiH3]. The maximum Gasteiger partial charge on any atom is 0.0174 e. The normalized spacial score (nSPS) is 17.4. The van der Waals surface area contributed by atoms with Gasteiger partial charge in [0.05, 0.1) is 0 Å². The zero-order valence-electron chi connectivity index (χ0n) is 12.1. The van der Waals surface area contributed by atoms with Gasteiger partial charge in [-0.1, -0.05) is 53.6 Å². The largest absolute Gasteiger partial charge is 0.0689 e. The number of hydrogen-bond donors (Lipinski definition) is 0. The second kappa shape index (κ2) is 4.50. The predicted octanol–water partition coefficient (Wildman–Crippen LogP) is 3.79. The van der Waals surface area contributed by atoms with E-state index in [0.29, 0.717) is 5.54 Å². The molecule has 2 aromatic rings. The van der Waals surface area contributed by atoms with Crippen LogP contribution in [0.5, 0.6) is 0 Å². The number of allylic oxidation sites excluding steroid dienone is 1. The van der Waals surface area contributed by atoms with Crippen LogP contribution >= 0.6 is 0 Å². The minimum atomic E-state index is 0.695. The van der Waals surface area contributed by atoms with Crippen LogP contribution in [0.4, 0.5) is 0 Å². The van der Waals surface area contributed by atoms with Crippen LogP contribution in [0, 0.1) is 13.8 Å². The highest BCUT2D eigenvalue weighted by atomic mass is 28.1. The first-order valence-electron chi connectivity index (χ1n) is 6.96. The van der Waals surface area contributed by atoms with Crippen LogP contribution < -0.4 is 0 Å². The number of aryl methyl sites for hydroxylation is 2. The molecule has 2 aromatic carbocycles. The molecule has 1 unspecified atom stereocenters. The molecule has 3 rings (SSSR count). The lowest BCUT2D eigenvalue weighted by atomic mass is 9.93. The second-order valence-corrected chi connectivity index (χ2v) is 6.89. The molecular weight excluding hydrogens is 244 g/mol. The molecule has 0 nitrogen and oxygen atoms in total. The fourth-order valence-corrected chi connectivity index (χ4v) is 3.65. The molecule has 1 heteroatoms. The number of hydrogen-bond acceptors (Lipinski definition) is 0. The van der Waals surface area contributed by atoms with Gasteiger partial charge in [0, 0.05) is 10.2 Å². The van der Waals surface area contributed by atoms with E-state index in [1.165, 1.54) is 49.2 Å². The van der Waals surface area contributed by atoms with Gasteiger partial charge in [-0.15, -0.1) is 0 Å². The Bertz CT molecular complexity index is 680. The highest BCUT2D eigenvalue weighted by Crippen LogP contribution is 2.40. The summed E-state index contributed by atoms with van der Waals surface area (Å²) in [4.78, 5) is 0. The minimum absolute atomic E-state index is 0.695. The van der Waals surface area contributed by atoms with E-state index in [1.54, 1.807) is 0 Å². The molecule has 0 spiro atoms. The van der Waals surface area contributed by atoms with E-state index in [9.17, 15) is 0 Å². The third-order valence-corrected chi connectivity index (χ3v) is 5.88. The van der Waals surface area contributed by atoms with Crippen molar-refractivity contribution in [2.75, 3.05) is 0 Å². The third kappa shape index (κ3) is 1.98. The van der Waals surface area contributed by atoms with E-state index in [1.807, 2.05) is 0 Å². The highest BCUT2D eigenvalue weighted by Gasteiger charge is 2.21. The van der Waals surface area contributed by atoms with Crippen molar-refractivity contribution in [2.45, 2.75) is 26.3 Å². The maximum absolute atomic E-state index is 2.39. The summed E-state index contributed by atoms with van der Waals surface area (Å²) in [7, 11) is 1.20. The lowest BCUT2D eigenvalue weighted by Gasteiger charge is -2.13. The van der Waals surface area contributed by atoms with Crippen molar-refractivity contribution in [2.24, 2.45) is 0 Å². The van der Waals surface area contributed by atoms with Gasteiger partial charge in [-0.25, -0.2) is 0 Å². The summed E-state index contributed by atoms with van der Waals surface area (Å²) in [5, 5.41) is 0. The Morgan fingerprint density at radius 3 is 2.53 bits per heavy atom. The van der Waals surface area contributed by atoms with Gasteiger partial charge in [0.1, 0.15) is 0 Å². The molecular formula is C18H20Si. The molecule has 0 aliphatic heterocycles. The van der Waals surface area contributed by atoms with Crippen molar-refractivity contribution in [3.63, 3.8) is 0 Å². The lowest BCUT2D eigenvalue weighted by molar-refractivity contribution is 1.14. The van der Waals surface area contributed by atoms with Crippen molar-refractivity contribution in [1.82, 2.24) is 0 Å². The van der Waals surface area contributed by atoms with E-state index in [4.69, 9.17) is 0 Å². The van der Waals surface area contributed by atoms with Crippen molar-refractivity contribution in [3.05, 3.63) is 64.2 Å². The van der Waals surface area contributed by atoms with Gasteiger partial charge in [-0.2, -0.15) is 0 Å². The van der Waals surface area contributed by atoms with Crippen LogP contribution in [0.2, 0.25) is 0 Å². The molecule has 0 fully saturated rings. The molecule has 0 aromatic heterocycles. The maximum atomic E-state index is 2.39. The lowest BCUT2D eigenvalue weighted by Crippen LogP contribution is -1.96. The zero-order chi connectivity index (χ0) is 13.6. The highest BCUT2D eigenvalue weighted by molar-refractivity contribution is 6.16. The summed E-state index contributed by atoms with van der Waals surface area (Å²) in [6.07, 6.45) is 2.39. The van der Waals surface area contributed by atoms with Crippen molar-refractivity contribution >= 4 is 16.3 Å². The Morgan fingerprint density at radius 2 is 1.74 bits per heavy atom. The average Bonchev–Trinajstić information content (AvgIpc) is 2.69. The molecule has 0 amide bonds. The first-order chi connectivity index (χ1) is 9.08. The van der Waals surface area contributed by atoms with Crippen LogP contribution in [0.1, 0.15) is 34.7 Å². The Hall–Kier alpha value is -1.60. The Balaban J connectivity index is 2.26. The first-order valence-corrected chi connectivity index (χ1v) is 8.12. The molecule has 1 aliphatic rings. The summed E-state index contributed by atoms with van der Waals surface area (Å²) in [6.45, 7) is 6.64. The fourth-order valence-electron chi connectivity index (χ4n) is 2.98.